The maximum Gasteiger partial charge on any atom is 0.291 e. The molecule has 7 heteroatoms. The standard InChI is InChI=1S/C24H27ClN4O2/c1-16(2)12-13-26-23(31)24(3)15-28-20-11-7-6-10-19(20)27-21(28)22(30)29(24)14-17-8-4-5-9-18(17)25/h4-11,16H,12-15H2,1-3H3,(H,26,31). The van der Waals surface area contributed by atoms with E-state index in [9.17, 15) is 9.59 Å². The van der Waals surface area contributed by atoms with Crippen LogP contribution in [-0.2, 0) is 17.9 Å². The molecular formula is C24H27ClN4O2. The predicted octanol–water partition coefficient (Wildman–Crippen LogP) is 4.27. The Bertz CT molecular complexity index is 1140. The fourth-order valence-electron chi connectivity index (χ4n) is 4.04. The Morgan fingerprint density at radius 1 is 1.19 bits per heavy atom. The Morgan fingerprint density at radius 3 is 2.65 bits per heavy atom. The Labute approximate surface area is 187 Å². The van der Waals surface area contributed by atoms with Gasteiger partial charge in [0.1, 0.15) is 5.54 Å². The maximum absolute atomic E-state index is 13.6. The smallest absolute Gasteiger partial charge is 0.291 e. The number of aromatic nitrogens is 2. The van der Waals surface area contributed by atoms with E-state index >= 15 is 0 Å². The van der Waals surface area contributed by atoms with Crippen LogP contribution >= 0.6 is 11.6 Å². The molecule has 0 spiro atoms. The molecule has 31 heavy (non-hydrogen) atoms. The Balaban J connectivity index is 1.76. The third-order valence-electron chi connectivity index (χ3n) is 5.94. The molecule has 0 radical (unpaired) electrons. The van der Waals surface area contributed by atoms with E-state index in [4.69, 9.17) is 11.6 Å². The average molecular weight is 439 g/mol. The lowest BCUT2D eigenvalue weighted by atomic mass is 9.94. The van der Waals surface area contributed by atoms with Crippen LogP contribution in [0.1, 0.15) is 43.4 Å². The molecule has 1 aromatic heterocycles. The number of carbonyl (C=O) groups is 2. The summed E-state index contributed by atoms with van der Waals surface area (Å²) in [6.07, 6.45) is 0.875. The van der Waals surface area contributed by atoms with Crippen molar-refractivity contribution in [1.29, 1.82) is 0 Å². The molecule has 0 aliphatic carbocycles. The number of amides is 2. The molecule has 1 N–H and O–H groups in total. The summed E-state index contributed by atoms with van der Waals surface area (Å²) in [7, 11) is 0. The van der Waals surface area contributed by atoms with Crippen molar-refractivity contribution in [3.63, 3.8) is 0 Å². The minimum atomic E-state index is -1.08. The van der Waals surface area contributed by atoms with Crippen LogP contribution in [0.15, 0.2) is 48.5 Å². The summed E-state index contributed by atoms with van der Waals surface area (Å²) in [5.41, 5.74) is 1.31. The molecule has 2 aromatic carbocycles. The normalized spacial score (nSPS) is 18.5. The number of para-hydroxylation sites is 2. The lowest BCUT2D eigenvalue weighted by Gasteiger charge is -2.43. The summed E-state index contributed by atoms with van der Waals surface area (Å²) in [6, 6.07) is 15.0. The first kappa shape index (κ1) is 21.4. The highest BCUT2D eigenvalue weighted by atomic mass is 35.5. The molecule has 0 saturated heterocycles. The van der Waals surface area contributed by atoms with Gasteiger partial charge in [-0.05, 0) is 43.0 Å². The molecule has 2 amide bonds. The molecule has 1 aliphatic rings. The molecule has 2 heterocycles. The van der Waals surface area contributed by atoms with Crippen molar-refractivity contribution in [3.8, 4) is 0 Å². The van der Waals surface area contributed by atoms with Gasteiger partial charge in [0.15, 0.2) is 5.82 Å². The van der Waals surface area contributed by atoms with E-state index in [-0.39, 0.29) is 18.4 Å². The van der Waals surface area contributed by atoms with Gasteiger partial charge in [-0.1, -0.05) is 55.8 Å². The number of nitrogens with one attached hydrogen (secondary N) is 1. The Hall–Kier alpha value is -2.86. The first-order chi connectivity index (χ1) is 14.8. The van der Waals surface area contributed by atoms with Gasteiger partial charge in [0.05, 0.1) is 17.6 Å². The molecule has 1 aliphatic heterocycles. The Kier molecular flexibility index (Phi) is 5.75. The molecule has 4 rings (SSSR count). The second-order valence-electron chi connectivity index (χ2n) is 8.71. The molecule has 1 atom stereocenters. The van der Waals surface area contributed by atoms with Crippen LogP contribution < -0.4 is 5.32 Å². The number of hydrogen-bond acceptors (Lipinski definition) is 3. The van der Waals surface area contributed by atoms with Crippen molar-refractivity contribution < 1.29 is 9.59 Å². The second-order valence-corrected chi connectivity index (χ2v) is 9.11. The molecule has 0 bridgehead atoms. The van der Waals surface area contributed by atoms with Gasteiger partial charge >= 0.3 is 0 Å². The second kappa shape index (κ2) is 8.35. The largest absolute Gasteiger partial charge is 0.354 e. The van der Waals surface area contributed by atoms with Crippen molar-refractivity contribution in [2.45, 2.75) is 45.8 Å². The zero-order chi connectivity index (χ0) is 22.2. The summed E-state index contributed by atoms with van der Waals surface area (Å²) in [6.45, 7) is 7.18. The highest BCUT2D eigenvalue weighted by Gasteiger charge is 2.48. The van der Waals surface area contributed by atoms with Gasteiger partial charge in [0.25, 0.3) is 5.91 Å². The zero-order valence-electron chi connectivity index (χ0n) is 18.1. The van der Waals surface area contributed by atoms with Crippen molar-refractivity contribution in [3.05, 3.63) is 64.9 Å². The quantitative estimate of drug-likeness (QED) is 0.625. The first-order valence-corrected chi connectivity index (χ1v) is 11.0. The average Bonchev–Trinajstić information content (AvgIpc) is 3.10. The SMILES string of the molecule is CC(C)CCNC(=O)C1(C)Cn2c(nc3ccccc32)C(=O)N1Cc1ccccc1Cl. The maximum atomic E-state index is 13.6. The van der Waals surface area contributed by atoms with E-state index in [0.717, 1.165) is 23.0 Å². The van der Waals surface area contributed by atoms with Crippen LogP contribution in [0.4, 0.5) is 0 Å². The number of rotatable bonds is 6. The molecule has 1 unspecified atom stereocenters. The van der Waals surface area contributed by atoms with Gasteiger partial charge in [-0.25, -0.2) is 4.98 Å². The number of carbonyl (C=O) groups excluding carboxylic acids is 2. The highest BCUT2D eigenvalue weighted by molar-refractivity contribution is 6.31. The van der Waals surface area contributed by atoms with Gasteiger partial charge in [0, 0.05) is 18.1 Å². The van der Waals surface area contributed by atoms with Gasteiger partial charge in [-0.15, -0.1) is 0 Å². The van der Waals surface area contributed by atoms with Crippen molar-refractivity contribution in [1.82, 2.24) is 19.8 Å². The fourth-order valence-corrected chi connectivity index (χ4v) is 4.23. The van der Waals surface area contributed by atoms with E-state index in [1.165, 1.54) is 0 Å². The number of benzene rings is 2. The van der Waals surface area contributed by atoms with E-state index in [1.807, 2.05) is 54.0 Å². The topological polar surface area (TPSA) is 67.2 Å². The third-order valence-corrected chi connectivity index (χ3v) is 6.30. The van der Waals surface area contributed by atoms with Crippen LogP contribution in [0.25, 0.3) is 11.0 Å². The number of halogens is 1. The van der Waals surface area contributed by atoms with E-state index < -0.39 is 5.54 Å². The monoisotopic (exact) mass is 438 g/mol. The van der Waals surface area contributed by atoms with Gasteiger partial charge in [-0.3, -0.25) is 9.59 Å². The van der Waals surface area contributed by atoms with Crippen LogP contribution in [0.3, 0.4) is 0 Å². The van der Waals surface area contributed by atoms with Crippen LogP contribution in [-0.4, -0.2) is 38.3 Å². The highest BCUT2D eigenvalue weighted by Crippen LogP contribution is 2.33. The van der Waals surface area contributed by atoms with Gasteiger partial charge < -0.3 is 14.8 Å². The first-order valence-electron chi connectivity index (χ1n) is 10.6. The molecule has 6 nitrogen and oxygen atoms in total. The van der Waals surface area contributed by atoms with Crippen LogP contribution in [0.2, 0.25) is 5.02 Å². The molecule has 0 fully saturated rings. The van der Waals surface area contributed by atoms with Crippen LogP contribution in [0, 0.1) is 5.92 Å². The van der Waals surface area contributed by atoms with Crippen LogP contribution in [0.5, 0.6) is 0 Å². The minimum Gasteiger partial charge on any atom is -0.354 e. The summed E-state index contributed by atoms with van der Waals surface area (Å²) in [4.78, 5) is 33.2. The fraction of sp³-hybridized carbons (Fsp3) is 0.375. The molecular weight excluding hydrogens is 412 g/mol. The molecule has 0 saturated carbocycles. The number of imidazole rings is 1. The summed E-state index contributed by atoms with van der Waals surface area (Å²) in [5.74, 6) is 0.381. The van der Waals surface area contributed by atoms with Crippen molar-refractivity contribution in [2.24, 2.45) is 5.92 Å². The molecule has 162 valence electrons. The molecule has 3 aromatic rings. The number of fused-ring (bicyclic) bond motifs is 3. The lowest BCUT2D eigenvalue weighted by Crippen LogP contribution is -2.63. The predicted molar refractivity (Wildman–Crippen MR) is 122 cm³/mol. The minimum absolute atomic E-state index is 0.169. The third kappa shape index (κ3) is 3.92. The zero-order valence-corrected chi connectivity index (χ0v) is 18.8. The van der Waals surface area contributed by atoms with Gasteiger partial charge in [0.2, 0.25) is 5.91 Å². The number of hydrogen-bond donors (Lipinski definition) is 1. The van der Waals surface area contributed by atoms with E-state index in [2.05, 4.69) is 24.1 Å². The van der Waals surface area contributed by atoms with Crippen molar-refractivity contribution in [2.75, 3.05) is 6.54 Å². The summed E-state index contributed by atoms with van der Waals surface area (Å²) < 4.78 is 1.86. The Morgan fingerprint density at radius 2 is 1.90 bits per heavy atom. The van der Waals surface area contributed by atoms with E-state index in [0.29, 0.717) is 29.9 Å². The van der Waals surface area contributed by atoms with Crippen molar-refractivity contribution >= 4 is 34.4 Å². The lowest BCUT2D eigenvalue weighted by molar-refractivity contribution is -0.133. The summed E-state index contributed by atoms with van der Waals surface area (Å²) >= 11 is 6.39. The van der Waals surface area contributed by atoms with Gasteiger partial charge in [-0.2, -0.15) is 0 Å². The summed E-state index contributed by atoms with van der Waals surface area (Å²) in [5, 5.41) is 3.61. The van der Waals surface area contributed by atoms with E-state index in [1.54, 1.807) is 11.0 Å². The number of nitrogens with zero attached hydrogens (tertiary/aromatic N) is 3.